The zero-order chi connectivity index (χ0) is 13.1. The Morgan fingerprint density at radius 2 is 1.65 bits per heavy atom. The van der Waals surface area contributed by atoms with Crippen molar-refractivity contribution >= 4 is 11.7 Å². The van der Waals surface area contributed by atoms with Crippen LogP contribution in [0.25, 0.3) is 0 Å². The van der Waals surface area contributed by atoms with Crippen LogP contribution in [0.1, 0.15) is 15.9 Å². The lowest BCUT2D eigenvalue weighted by atomic mass is 10.1. The number of benzene rings is 1. The van der Waals surface area contributed by atoms with Crippen molar-refractivity contribution in [2.75, 3.05) is 0 Å². The molecular formula is C11H6F3NO2. The van der Waals surface area contributed by atoms with Gasteiger partial charge in [-0.1, -0.05) is 5.92 Å². The van der Waals surface area contributed by atoms with Crippen molar-refractivity contribution in [3.8, 4) is 11.8 Å². The van der Waals surface area contributed by atoms with Crippen molar-refractivity contribution in [1.29, 1.82) is 0 Å². The van der Waals surface area contributed by atoms with E-state index in [1.807, 2.05) is 5.92 Å². The number of alkyl halides is 3. The van der Waals surface area contributed by atoms with Crippen molar-refractivity contribution in [2.24, 2.45) is 5.73 Å². The fourth-order valence-corrected chi connectivity index (χ4v) is 1.00. The zero-order valence-corrected chi connectivity index (χ0v) is 8.34. The minimum absolute atomic E-state index is 0.294. The molecule has 0 bridgehead atoms. The monoisotopic (exact) mass is 241 g/mol. The molecule has 0 aliphatic heterocycles. The molecule has 0 fully saturated rings. The summed E-state index contributed by atoms with van der Waals surface area (Å²) in [6, 6.07) is 4.38. The Bertz CT molecular complexity index is 506. The van der Waals surface area contributed by atoms with Crippen molar-refractivity contribution in [3.63, 3.8) is 0 Å². The fourth-order valence-electron chi connectivity index (χ4n) is 1.00. The van der Waals surface area contributed by atoms with E-state index in [0.29, 0.717) is 5.56 Å². The molecule has 0 radical (unpaired) electrons. The normalized spacial score (nSPS) is 10.3. The summed E-state index contributed by atoms with van der Waals surface area (Å²) in [6.45, 7) is 0. The van der Waals surface area contributed by atoms with E-state index in [-0.39, 0.29) is 0 Å². The van der Waals surface area contributed by atoms with Gasteiger partial charge in [0, 0.05) is 11.1 Å². The van der Waals surface area contributed by atoms with Gasteiger partial charge >= 0.3 is 6.18 Å². The topological polar surface area (TPSA) is 60.2 Å². The summed E-state index contributed by atoms with van der Waals surface area (Å²) in [5, 5.41) is 0. The zero-order valence-electron chi connectivity index (χ0n) is 8.34. The molecule has 1 rings (SSSR count). The summed E-state index contributed by atoms with van der Waals surface area (Å²) in [6.07, 6.45) is -4.90. The molecule has 0 aromatic heterocycles. The molecular weight excluding hydrogens is 235 g/mol. The highest BCUT2D eigenvalue weighted by Crippen LogP contribution is 2.21. The Kier molecular flexibility index (Phi) is 3.53. The van der Waals surface area contributed by atoms with Crippen LogP contribution in [-0.4, -0.2) is 17.9 Å². The van der Waals surface area contributed by atoms with E-state index < -0.39 is 23.4 Å². The average Bonchev–Trinajstić information content (AvgIpc) is 2.25. The molecule has 0 spiro atoms. The SMILES string of the molecule is NC(=O)C#Cc1ccc(C(=O)C(F)(F)F)cc1. The first kappa shape index (κ1) is 12.8. The number of rotatable bonds is 1. The quantitative estimate of drug-likeness (QED) is 0.594. The molecule has 88 valence electrons. The molecule has 1 aromatic rings. The van der Waals surface area contributed by atoms with E-state index in [1.165, 1.54) is 12.1 Å². The smallest absolute Gasteiger partial charge is 0.359 e. The number of amides is 1. The molecule has 0 heterocycles. The van der Waals surface area contributed by atoms with Crippen molar-refractivity contribution in [3.05, 3.63) is 35.4 Å². The van der Waals surface area contributed by atoms with E-state index >= 15 is 0 Å². The number of Topliss-reactive ketones (excluding diaryl/α,β-unsaturated/α-hetero) is 1. The Morgan fingerprint density at radius 3 is 2.06 bits per heavy atom. The van der Waals surface area contributed by atoms with E-state index in [1.54, 1.807) is 0 Å². The summed E-state index contributed by atoms with van der Waals surface area (Å²) < 4.78 is 36.2. The van der Waals surface area contributed by atoms with Gasteiger partial charge in [-0.05, 0) is 30.2 Å². The minimum atomic E-state index is -4.90. The third-order valence-electron chi connectivity index (χ3n) is 1.73. The molecule has 0 saturated heterocycles. The van der Waals surface area contributed by atoms with Crippen LogP contribution >= 0.6 is 0 Å². The Hall–Kier alpha value is -2.29. The highest BCUT2D eigenvalue weighted by molar-refractivity contribution is 6.00. The van der Waals surface area contributed by atoms with Gasteiger partial charge in [-0.15, -0.1) is 0 Å². The molecule has 17 heavy (non-hydrogen) atoms. The van der Waals surface area contributed by atoms with Crippen LogP contribution in [0.15, 0.2) is 24.3 Å². The molecule has 0 unspecified atom stereocenters. The van der Waals surface area contributed by atoms with E-state index in [0.717, 1.165) is 12.1 Å². The van der Waals surface area contributed by atoms with Gasteiger partial charge in [0.25, 0.3) is 11.7 Å². The number of nitrogens with two attached hydrogens (primary N) is 1. The van der Waals surface area contributed by atoms with Gasteiger partial charge in [0.2, 0.25) is 0 Å². The van der Waals surface area contributed by atoms with E-state index in [2.05, 4.69) is 5.92 Å². The highest BCUT2D eigenvalue weighted by atomic mass is 19.4. The molecule has 6 heteroatoms. The molecule has 0 saturated carbocycles. The number of carbonyl (C=O) groups is 2. The van der Waals surface area contributed by atoms with Gasteiger partial charge in [0.05, 0.1) is 0 Å². The molecule has 2 N–H and O–H groups in total. The van der Waals surface area contributed by atoms with Crippen LogP contribution in [-0.2, 0) is 4.79 Å². The van der Waals surface area contributed by atoms with Gasteiger partial charge in [-0.2, -0.15) is 13.2 Å². The van der Waals surface area contributed by atoms with Crippen LogP contribution in [0, 0.1) is 11.8 Å². The van der Waals surface area contributed by atoms with Crippen LogP contribution in [0.4, 0.5) is 13.2 Å². The number of primary amides is 1. The highest BCUT2D eigenvalue weighted by Gasteiger charge is 2.39. The van der Waals surface area contributed by atoms with Crippen LogP contribution in [0.2, 0.25) is 0 Å². The van der Waals surface area contributed by atoms with Gasteiger partial charge in [0.1, 0.15) is 0 Å². The lowest BCUT2D eigenvalue weighted by Crippen LogP contribution is -2.22. The summed E-state index contributed by atoms with van der Waals surface area (Å²) in [7, 11) is 0. The summed E-state index contributed by atoms with van der Waals surface area (Å²) in [5.41, 5.74) is 4.57. The lowest BCUT2D eigenvalue weighted by Gasteiger charge is -2.04. The minimum Gasteiger partial charge on any atom is -0.359 e. The van der Waals surface area contributed by atoms with Gasteiger partial charge < -0.3 is 5.73 Å². The first-order chi connectivity index (χ1) is 7.80. The third kappa shape index (κ3) is 3.65. The van der Waals surface area contributed by atoms with Crippen molar-refractivity contribution in [2.45, 2.75) is 6.18 Å². The lowest BCUT2D eigenvalue weighted by molar-refractivity contribution is -0.112. The average molecular weight is 241 g/mol. The number of carbonyl (C=O) groups excluding carboxylic acids is 2. The molecule has 0 atom stereocenters. The molecule has 0 aliphatic rings. The maximum atomic E-state index is 12.1. The second-order valence-corrected chi connectivity index (χ2v) is 3.02. The summed E-state index contributed by atoms with van der Waals surface area (Å²) >= 11 is 0. The van der Waals surface area contributed by atoms with Crippen LogP contribution in [0.5, 0.6) is 0 Å². The Balaban J connectivity index is 2.94. The molecule has 1 aromatic carbocycles. The maximum Gasteiger partial charge on any atom is 0.454 e. The molecule has 1 amide bonds. The predicted molar refractivity (Wildman–Crippen MR) is 52.9 cm³/mol. The standard InChI is InChI=1S/C11H6F3NO2/c12-11(13,14)10(17)8-4-1-7(2-5-8)3-6-9(15)16/h1-2,4-5H,(H2,15,16). The third-order valence-corrected chi connectivity index (χ3v) is 1.73. The van der Waals surface area contributed by atoms with Crippen molar-refractivity contribution < 1.29 is 22.8 Å². The first-order valence-electron chi connectivity index (χ1n) is 4.34. The second kappa shape index (κ2) is 4.70. The largest absolute Gasteiger partial charge is 0.454 e. The number of hydrogen-bond donors (Lipinski definition) is 1. The number of hydrogen-bond acceptors (Lipinski definition) is 2. The Labute approximate surface area is 94.4 Å². The van der Waals surface area contributed by atoms with Crippen LogP contribution in [0.3, 0.4) is 0 Å². The molecule has 0 aliphatic carbocycles. The van der Waals surface area contributed by atoms with E-state index in [9.17, 15) is 22.8 Å². The maximum absolute atomic E-state index is 12.1. The van der Waals surface area contributed by atoms with E-state index in [4.69, 9.17) is 5.73 Å². The number of ketones is 1. The second-order valence-electron chi connectivity index (χ2n) is 3.02. The van der Waals surface area contributed by atoms with Gasteiger partial charge in [0.15, 0.2) is 0 Å². The summed E-state index contributed by atoms with van der Waals surface area (Å²) in [5.74, 6) is 1.58. The summed E-state index contributed by atoms with van der Waals surface area (Å²) in [4.78, 5) is 21.1. The van der Waals surface area contributed by atoms with Crippen molar-refractivity contribution in [1.82, 2.24) is 0 Å². The van der Waals surface area contributed by atoms with Gasteiger partial charge in [-0.25, -0.2) is 0 Å². The Morgan fingerprint density at radius 1 is 1.12 bits per heavy atom. The fraction of sp³-hybridized carbons (Fsp3) is 0.0909. The van der Waals surface area contributed by atoms with Gasteiger partial charge in [-0.3, -0.25) is 9.59 Å². The molecule has 3 nitrogen and oxygen atoms in total. The first-order valence-corrected chi connectivity index (χ1v) is 4.34. The number of halogens is 3. The predicted octanol–water partition coefficient (Wildman–Crippen LogP) is 1.27. The van der Waals surface area contributed by atoms with Crippen LogP contribution < -0.4 is 5.73 Å².